The van der Waals surface area contributed by atoms with Crippen LogP contribution in [0.2, 0.25) is 0 Å². The van der Waals surface area contributed by atoms with Crippen LogP contribution >= 0.6 is 0 Å². The molecule has 0 radical (unpaired) electrons. The Morgan fingerprint density at radius 2 is 1.75 bits per heavy atom. The van der Waals surface area contributed by atoms with E-state index in [-0.39, 0.29) is 16.8 Å². The van der Waals surface area contributed by atoms with Gasteiger partial charge in [0.25, 0.3) is 5.91 Å². The lowest BCUT2D eigenvalue weighted by Gasteiger charge is -2.22. The molecule has 24 heavy (non-hydrogen) atoms. The first kappa shape index (κ1) is 18.9. The van der Waals surface area contributed by atoms with Gasteiger partial charge in [0.15, 0.2) is 0 Å². The number of carbonyl (C=O) groups excluding carboxylic acids is 1. The average molecular weight is 353 g/mol. The second-order valence-corrected chi connectivity index (χ2v) is 8.25. The third-order valence-electron chi connectivity index (χ3n) is 4.20. The van der Waals surface area contributed by atoms with Gasteiger partial charge in [-0.05, 0) is 51.2 Å². The zero-order valence-corrected chi connectivity index (χ0v) is 15.2. The fourth-order valence-corrected chi connectivity index (χ4v) is 4.09. The second-order valence-electron chi connectivity index (χ2n) is 6.54. The number of sulfonamides is 1. The summed E-state index contributed by atoms with van der Waals surface area (Å²) in [6.07, 6.45) is 5.10. The van der Waals surface area contributed by atoms with Crippen molar-refractivity contribution in [3.05, 3.63) is 29.8 Å². The van der Waals surface area contributed by atoms with Crippen LogP contribution in [0.1, 0.15) is 42.5 Å². The summed E-state index contributed by atoms with van der Waals surface area (Å²) in [5.41, 5.74) is 0.463. The number of hydrogen-bond acceptors (Lipinski definition) is 4. The predicted octanol–water partition coefficient (Wildman–Crippen LogP) is 1.59. The number of benzene rings is 1. The summed E-state index contributed by atoms with van der Waals surface area (Å²) in [4.78, 5) is 14.2. The van der Waals surface area contributed by atoms with Crippen molar-refractivity contribution in [1.29, 1.82) is 0 Å². The molecule has 0 spiro atoms. The fourth-order valence-electron chi connectivity index (χ4n) is 2.79. The molecule has 0 unspecified atom stereocenters. The normalized spacial score (nSPS) is 16.3. The van der Waals surface area contributed by atoms with E-state index in [0.29, 0.717) is 12.1 Å². The number of nitrogens with one attached hydrogen (secondary N) is 2. The zero-order valence-electron chi connectivity index (χ0n) is 14.4. The molecule has 1 amide bonds. The van der Waals surface area contributed by atoms with E-state index >= 15 is 0 Å². The van der Waals surface area contributed by atoms with Crippen molar-refractivity contribution < 1.29 is 13.2 Å². The number of likely N-dealkylation sites (N-methyl/N-ethyl adjacent to an activating group) is 1. The van der Waals surface area contributed by atoms with Crippen LogP contribution in [0.5, 0.6) is 0 Å². The Balaban J connectivity index is 1.96. The lowest BCUT2D eigenvalue weighted by Crippen LogP contribution is -2.36. The van der Waals surface area contributed by atoms with Crippen LogP contribution in [0.15, 0.2) is 29.2 Å². The van der Waals surface area contributed by atoms with Gasteiger partial charge in [-0.1, -0.05) is 19.3 Å². The van der Waals surface area contributed by atoms with Gasteiger partial charge >= 0.3 is 0 Å². The largest absolute Gasteiger partial charge is 0.351 e. The highest BCUT2D eigenvalue weighted by Crippen LogP contribution is 2.20. The Labute approximate surface area is 144 Å². The van der Waals surface area contributed by atoms with Crippen molar-refractivity contribution in [1.82, 2.24) is 14.9 Å². The van der Waals surface area contributed by atoms with Gasteiger partial charge in [-0.2, -0.15) is 0 Å². The maximum Gasteiger partial charge on any atom is 0.251 e. The molecule has 1 aromatic carbocycles. The van der Waals surface area contributed by atoms with Gasteiger partial charge in [0, 0.05) is 24.7 Å². The van der Waals surface area contributed by atoms with E-state index in [1.165, 1.54) is 18.6 Å². The minimum absolute atomic E-state index is 0.0257. The maximum absolute atomic E-state index is 12.4. The molecule has 6 nitrogen and oxygen atoms in total. The highest BCUT2D eigenvalue weighted by atomic mass is 32.2. The summed E-state index contributed by atoms with van der Waals surface area (Å²) in [6, 6.07) is 6.12. The Hall–Kier alpha value is -1.44. The number of nitrogens with zero attached hydrogens (tertiary/aromatic N) is 1. The van der Waals surface area contributed by atoms with Crippen LogP contribution in [-0.2, 0) is 10.0 Å². The zero-order chi connectivity index (χ0) is 17.6. The molecule has 7 heteroatoms. The smallest absolute Gasteiger partial charge is 0.251 e. The molecule has 134 valence electrons. The van der Waals surface area contributed by atoms with Crippen molar-refractivity contribution in [2.75, 3.05) is 27.2 Å². The Morgan fingerprint density at radius 3 is 2.33 bits per heavy atom. The average Bonchev–Trinajstić information content (AvgIpc) is 2.55. The van der Waals surface area contributed by atoms with Crippen LogP contribution in [0, 0.1) is 0 Å². The molecule has 0 aliphatic heterocycles. The van der Waals surface area contributed by atoms with Gasteiger partial charge in [0.05, 0.1) is 4.90 Å². The SMILES string of the molecule is CN(C)CCNC(=O)c1ccc(S(=O)(=O)NC2CCCCC2)cc1. The molecule has 1 aliphatic carbocycles. The molecule has 0 bridgehead atoms. The highest BCUT2D eigenvalue weighted by Gasteiger charge is 2.22. The van der Waals surface area contributed by atoms with Crippen LogP contribution in [0.4, 0.5) is 0 Å². The molecule has 1 aromatic rings. The van der Waals surface area contributed by atoms with Crippen molar-refractivity contribution in [3.63, 3.8) is 0 Å². The van der Waals surface area contributed by atoms with Gasteiger partial charge in [0.1, 0.15) is 0 Å². The van der Waals surface area contributed by atoms with Gasteiger partial charge < -0.3 is 10.2 Å². The van der Waals surface area contributed by atoms with Crippen molar-refractivity contribution in [3.8, 4) is 0 Å². The quantitative estimate of drug-likeness (QED) is 0.780. The maximum atomic E-state index is 12.4. The minimum Gasteiger partial charge on any atom is -0.351 e. The topological polar surface area (TPSA) is 78.5 Å². The molecule has 1 fully saturated rings. The molecule has 0 heterocycles. The Bertz CT molecular complexity index is 636. The lowest BCUT2D eigenvalue weighted by atomic mass is 9.96. The summed E-state index contributed by atoms with van der Waals surface area (Å²) >= 11 is 0. The van der Waals surface area contributed by atoms with Crippen molar-refractivity contribution >= 4 is 15.9 Å². The van der Waals surface area contributed by atoms with E-state index in [1.807, 2.05) is 19.0 Å². The van der Waals surface area contributed by atoms with E-state index in [2.05, 4.69) is 10.0 Å². The Morgan fingerprint density at radius 1 is 1.12 bits per heavy atom. The summed E-state index contributed by atoms with van der Waals surface area (Å²) in [6.45, 7) is 1.30. The van der Waals surface area contributed by atoms with E-state index in [0.717, 1.165) is 32.2 Å². The predicted molar refractivity (Wildman–Crippen MR) is 94.5 cm³/mol. The first-order valence-electron chi connectivity index (χ1n) is 8.44. The Kier molecular flexibility index (Phi) is 6.77. The fraction of sp³-hybridized carbons (Fsp3) is 0.588. The molecule has 2 N–H and O–H groups in total. The van der Waals surface area contributed by atoms with Gasteiger partial charge in [0.2, 0.25) is 10.0 Å². The van der Waals surface area contributed by atoms with Gasteiger partial charge in [-0.3, -0.25) is 4.79 Å². The van der Waals surface area contributed by atoms with E-state index in [1.54, 1.807) is 12.1 Å². The number of amides is 1. The summed E-state index contributed by atoms with van der Waals surface area (Å²) in [5, 5.41) is 2.81. The monoisotopic (exact) mass is 353 g/mol. The molecule has 2 rings (SSSR count). The van der Waals surface area contributed by atoms with Crippen LogP contribution < -0.4 is 10.0 Å². The first-order valence-corrected chi connectivity index (χ1v) is 9.92. The van der Waals surface area contributed by atoms with Gasteiger partial charge in [-0.25, -0.2) is 13.1 Å². The molecule has 1 saturated carbocycles. The molecule has 0 aromatic heterocycles. The van der Waals surface area contributed by atoms with Crippen molar-refractivity contribution in [2.45, 2.75) is 43.0 Å². The van der Waals surface area contributed by atoms with E-state index in [4.69, 9.17) is 0 Å². The van der Waals surface area contributed by atoms with Gasteiger partial charge in [-0.15, -0.1) is 0 Å². The molecule has 1 aliphatic rings. The van der Waals surface area contributed by atoms with Crippen LogP contribution in [0.3, 0.4) is 0 Å². The summed E-state index contributed by atoms with van der Waals surface area (Å²) < 4.78 is 27.6. The van der Waals surface area contributed by atoms with Crippen molar-refractivity contribution in [2.24, 2.45) is 0 Å². The molecular formula is C17H27N3O3S. The lowest BCUT2D eigenvalue weighted by molar-refractivity contribution is 0.0951. The number of rotatable bonds is 7. The molecule has 0 saturated heterocycles. The number of carbonyl (C=O) groups is 1. The highest BCUT2D eigenvalue weighted by molar-refractivity contribution is 7.89. The second kappa shape index (κ2) is 8.60. The summed E-state index contributed by atoms with van der Waals surface area (Å²) in [7, 11) is 0.352. The first-order chi connectivity index (χ1) is 11.4. The molecular weight excluding hydrogens is 326 g/mol. The third kappa shape index (κ3) is 5.58. The minimum atomic E-state index is -3.52. The number of hydrogen-bond donors (Lipinski definition) is 2. The van der Waals surface area contributed by atoms with Crippen LogP contribution in [-0.4, -0.2) is 52.5 Å². The van der Waals surface area contributed by atoms with E-state index < -0.39 is 10.0 Å². The standard InChI is InChI=1S/C17H27N3O3S/c1-20(2)13-12-18-17(21)14-8-10-16(11-9-14)24(22,23)19-15-6-4-3-5-7-15/h8-11,15,19H,3-7,12-13H2,1-2H3,(H,18,21). The third-order valence-corrected chi connectivity index (χ3v) is 5.73. The summed E-state index contributed by atoms with van der Waals surface area (Å²) in [5.74, 6) is -0.193. The van der Waals surface area contributed by atoms with E-state index in [9.17, 15) is 13.2 Å². The molecule has 0 atom stereocenters. The van der Waals surface area contributed by atoms with Crippen LogP contribution in [0.25, 0.3) is 0 Å².